The van der Waals surface area contributed by atoms with Crippen LogP contribution in [0.25, 0.3) is 4.96 Å². The number of benzene rings is 1. The van der Waals surface area contributed by atoms with E-state index in [0.717, 1.165) is 26.6 Å². The number of imidazole rings is 1. The fraction of sp³-hybridized carbons (Fsp3) is 0.278. The summed E-state index contributed by atoms with van der Waals surface area (Å²) < 4.78 is 32.3. The van der Waals surface area contributed by atoms with Crippen LogP contribution in [-0.4, -0.2) is 34.5 Å². The first kappa shape index (κ1) is 20.5. The summed E-state index contributed by atoms with van der Waals surface area (Å²) in [5.74, 6) is -0.971. The fourth-order valence-electron chi connectivity index (χ4n) is 3.07. The number of hydrogen-bond acceptors (Lipinski definition) is 6. The quantitative estimate of drug-likeness (QED) is 0.411. The Morgan fingerprint density at radius 1 is 1.34 bits per heavy atom. The summed E-state index contributed by atoms with van der Waals surface area (Å²) in [5, 5.41) is 15.1. The molecule has 0 aliphatic rings. The van der Waals surface area contributed by atoms with E-state index < -0.39 is 22.5 Å². The van der Waals surface area contributed by atoms with Crippen LogP contribution in [-0.2, 0) is 17.9 Å². The summed E-state index contributed by atoms with van der Waals surface area (Å²) in [6, 6.07) is 3.20. The minimum atomic E-state index is -1.63. The smallest absolute Gasteiger partial charge is 0.194 e. The molecule has 1 aromatic carbocycles. The minimum Gasteiger partial charge on any atom is -0.382 e. The molecule has 6 nitrogen and oxygen atoms in total. The molecular weight excluding hydrogens is 484 g/mol. The van der Waals surface area contributed by atoms with Gasteiger partial charge in [0.2, 0.25) is 0 Å². The lowest BCUT2D eigenvalue weighted by molar-refractivity contribution is 0.0133. The van der Waals surface area contributed by atoms with Crippen LogP contribution < -0.4 is 0 Å². The first-order chi connectivity index (χ1) is 13.8. The molecule has 3 heterocycles. The third-order valence-electron chi connectivity index (χ3n) is 4.60. The molecule has 29 heavy (non-hydrogen) atoms. The van der Waals surface area contributed by atoms with Crippen LogP contribution in [0.4, 0.5) is 8.78 Å². The second kappa shape index (κ2) is 8.13. The van der Waals surface area contributed by atoms with Gasteiger partial charge in [0.25, 0.3) is 0 Å². The fourth-order valence-corrected chi connectivity index (χ4v) is 5.47. The highest BCUT2D eigenvalue weighted by atomic mass is 79.9. The second-order valence-corrected chi connectivity index (χ2v) is 10.3. The number of thiazole rings is 1. The van der Waals surface area contributed by atoms with E-state index in [1.807, 2.05) is 16.8 Å². The predicted octanol–water partition coefficient (Wildman–Crippen LogP) is 4.24. The third kappa shape index (κ3) is 4.23. The molecule has 3 aromatic heterocycles. The first-order valence-electron chi connectivity index (χ1n) is 8.60. The van der Waals surface area contributed by atoms with Gasteiger partial charge < -0.3 is 5.11 Å². The Bertz CT molecular complexity index is 1100. The minimum absolute atomic E-state index is 0.0177. The van der Waals surface area contributed by atoms with Crippen molar-refractivity contribution in [1.29, 1.82) is 0 Å². The van der Waals surface area contributed by atoms with Crippen LogP contribution in [0.3, 0.4) is 0 Å². The molecule has 0 saturated heterocycles. The van der Waals surface area contributed by atoms with E-state index in [1.165, 1.54) is 46.5 Å². The van der Waals surface area contributed by atoms with Crippen molar-refractivity contribution in [3.05, 3.63) is 69.9 Å². The third-order valence-corrected chi connectivity index (χ3v) is 7.43. The normalized spacial score (nSPS) is 14.9. The highest BCUT2D eigenvalue weighted by Gasteiger charge is 2.39. The summed E-state index contributed by atoms with van der Waals surface area (Å²) in [6.45, 7) is 1.79. The van der Waals surface area contributed by atoms with Gasteiger partial charge in [-0.2, -0.15) is 5.10 Å². The molecule has 0 fully saturated rings. The van der Waals surface area contributed by atoms with Crippen LogP contribution in [0, 0.1) is 11.6 Å². The van der Waals surface area contributed by atoms with Crippen molar-refractivity contribution in [2.45, 2.75) is 30.1 Å². The Balaban J connectivity index is 1.59. The van der Waals surface area contributed by atoms with Crippen LogP contribution in [0.5, 0.6) is 0 Å². The largest absolute Gasteiger partial charge is 0.382 e. The summed E-state index contributed by atoms with van der Waals surface area (Å²) in [5.41, 5.74) is -0.761. The maximum absolute atomic E-state index is 14.6. The van der Waals surface area contributed by atoms with E-state index in [-0.39, 0.29) is 12.1 Å². The Morgan fingerprint density at radius 3 is 2.86 bits per heavy atom. The van der Waals surface area contributed by atoms with Crippen molar-refractivity contribution in [2.75, 3.05) is 0 Å². The standard InChI is InChI=1S/C18H16BrF2N5OS2/c1-11(28-7-13-5-25-6-16(19)29-17(25)24-13)18(27,8-26-10-22-9-23-26)14-3-2-12(20)4-15(14)21/h2-6,9-11,27H,7-8H2,1H3/t11-,18-/m1/s1. The lowest BCUT2D eigenvalue weighted by Crippen LogP contribution is -2.41. The van der Waals surface area contributed by atoms with Gasteiger partial charge in [0, 0.05) is 35.0 Å². The second-order valence-electron chi connectivity index (χ2n) is 6.55. The zero-order valence-corrected chi connectivity index (χ0v) is 18.4. The number of fused-ring (bicyclic) bond motifs is 1. The number of rotatable bonds is 7. The van der Waals surface area contributed by atoms with Gasteiger partial charge in [0.1, 0.15) is 29.9 Å². The van der Waals surface area contributed by atoms with Crippen molar-refractivity contribution in [3.63, 3.8) is 0 Å². The van der Waals surface area contributed by atoms with Crippen molar-refractivity contribution in [2.24, 2.45) is 0 Å². The zero-order valence-electron chi connectivity index (χ0n) is 15.2. The van der Waals surface area contributed by atoms with Crippen LogP contribution >= 0.6 is 39.0 Å². The van der Waals surface area contributed by atoms with Crippen LogP contribution in [0.15, 0.2) is 47.0 Å². The van der Waals surface area contributed by atoms with Crippen molar-refractivity contribution in [1.82, 2.24) is 24.1 Å². The molecule has 4 aromatic rings. The molecule has 2 atom stereocenters. The molecule has 0 aliphatic carbocycles. The maximum atomic E-state index is 14.6. The SMILES string of the molecule is C[C@@H](SCc1cn2cc(Br)sc2n1)[C@](O)(Cn1cncn1)c1ccc(F)cc1F. The average Bonchev–Trinajstić information content (AvgIpc) is 3.36. The highest BCUT2D eigenvalue weighted by molar-refractivity contribution is 9.11. The van der Waals surface area contributed by atoms with Crippen molar-refractivity contribution in [3.8, 4) is 0 Å². The highest BCUT2D eigenvalue weighted by Crippen LogP contribution is 2.37. The van der Waals surface area contributed by atoms with E-state index in [9.17, 15) is 13.9 Å². The van der Waals surface area contributed by atoms with E-state index in [1.54, 1.807) is 6.92 Å². The van der Waals surface area contributed by atoms with Crippen molar-refractivity contribution >= 4 is 44.0 Å². The molecule has 1 N–H and O–H groups in total. The van der Waals surface area contributed by atoms with Gasteiger partial charge in [-0.25, -0.2) is 23.4 Å². The van der Waals surface area contributed by atoms with E-state index in [2.05, 4.69) is 31.0 Å². The topological polar surface area (TPSA) is 68.2 Å². The van der Waals surface area contributed by atoms with Gasteiger partial charge in [-0.3, -0.25) is 4.40 Å². The Hall–Kier alpha value is -1.82. The molecule has 0 saturated carbocycles. The molecule has 0 amide bonds. The van der Waals surface area contributed by atoms with Gasteiger partial charge in [-0.15, -0.1) is 11.8 Å². The van der Waals surface area contributed by atoms with Crippen LogP contribution in [0.2, 0.25) is 0 Å². The number of nitrogens with zero attached hydrogens (tertiary/aromatic N) is 5. The molecule has 0 radical (unpaired) electrons. The van der Waals surface area contributed by atoms with Crippen molar-refractivity contribution < 1.29 is 13.9 Å². The molecule has 0 spiro atoms. The number of hydrogen-bond donors (Lipinski definition) is 1. The first-order valence-corrected chi connectivity index (χ1v) is 11.3. The van der Waals surface area contributed by atoms with E-state index in [4.69, 9.17) is 0 Å². The molecule has 0 aliphatic heterocycles. The Morgan fingerprint density at radius 2 is 2.17 bits per heavy atom. The van der Waals surface area contributed by atoms with Gasteiger partial charge in [-0.1, -0.05) is 24.3 Å². The zero-order chi connectivity index (χ0) is 20.6. The van der Waals surface area contributed by atoms with Crippen LogP contribution in [0.1, 0.15) is 18.2 Å². The average molecular weight is 500 g/mol. The lowest BCUT2D eigenvalue weighted by atomic mass is 9.90. The summed E-state index contributed by atoms with van der Waals surface area (Å²) in [6.07, 6.45) is 6.64. The number of thioether (sulfide) groups is 1. The number of halogens is 3. The molecule has 152 valence electrons. The monoisotopic (exact) mass is 499 g/mol. The van der Waals surface area contributed by atoms with Gasteiger partial charge in [-0.05, 0) is 22.0 Å². The van der Waals surface area contributed by atoms with E-state index in [0.29, 0.717) is 5.75 Å². The number of aromatic nitrogens is 5. The lowest BCUT2D eigenvalue weighted by Gasteiger charge is -2.34. The maximum Gasteiger partial charge on any atom is 0.194 e. The summed E-state index contributed by atoms with van der Waals surface area (Å²) >= 11 is 6.38. The number of aliphatic hydroxyl groups is 1. The molecule has 0 unspecified atom stereocenters. The summed E-state index contributed by atoms with van der Waals surface area (Å²) in [4.78, 5) is 9.31. The Kier molecular flexibility index (Phi) is 5.74. The van der Waals surface area contributed by atoms with Gasteiger partial charge in [0.15, 0.2) is 4.96 Å². The van der Waals surface area contributed by atoms with Gasteiger partial charge in [0.05, 0.1) is 16.0 Å². The molecular formula is C18H16BrF2N5OS2. The summed E-state index contributed by atoms with van der Waals surface area (Å²) in [7, 11) is 0. The molecule has 0 bridgehead atoms. The molecule has 4 rings (SSSR count). The Labute approximate surface area is 181 Å². The predicted molar refractivity (Wildman–Crippen MR) is 112 cm³/mol. The molecule has 11 heteroatoms. The van der Waals surface area contributed by atoms with E-state index >= 15 is 0 Å². The van der Waals surface area contributed by atoms with Gasteiger partial charge >= 0.3 is 0 Å².